The second kappa shape index (κ2) is 5.05. The highest BCUT2D eigenvalue weighted by Crippen LogP contribution is 2.22. The first-order valence-electron chi connectivity index (χ1n) is 6.88. The molecule has 21 heavy (non-hydrogen) atoms. The van der Waals surface area contributed by atoms with E-state index in [1.807, 2.05) is 56.3 Å². The topological polar surface area (TPSA) is 57.8 Å². The Morgan fingerprint density at radius 2 is 1.86 bits per heavy atom. The van der Waals surface area contributed by atoms with Gasteiger partial charge in [-0.1, -0.05) is 42.5 Å². The van der Waals surface area contributed by atoms with Crippen LogP contribution in [0.3, 0.4) is 0 Å². The predicted octanol–water partition coefficient (Wildman–Crippen LogP) is 3.23. The number of fused-ring (bicyclic) bond motifs is 1. The van der Waals surface area contributed by atoms with Gasteiger partial charge in [0.05, 0.1) is 22.8 Å². The third kappa shape index (κ3) is 2.52. The minimum atomic E-state index is -0.444. The van der Waals surface area contributed by atoms with Gasteiger partial charge < -0.3 is 5.32 Å². The standard InChI is InChI=1S/C17H17N3O/c1-17(2,13-8-4-3-5-9-13)19-16(21)14-10-6-7-12-11-18-20-15(12)14/h3-11H,1-2H3,(H,18,20)(H,19,21). The molecule has 0 saturated heterocycles. The van der Waals surface area contributed by atoms with Gasteiger partial charge in [-0.05, 0) is 25.5 Å². The van der Waals surface area contributed by atoms with Gasteiger partial charge in [0, 0.05) is 5.39 Å². The van der Waals surface area contributed by atoms with Crippen LogP contribution in [0.5, 0.6) is 0 Å². The van der Waals surface area contributed by atoms with E-state index >= 15 is 0 Å². The van der Waals surface area contributed by atoms with E-state index in [4.69, 9.17) is 0 Å². The van der Waals surface area contributed by atoms with Gasteiger partial charge in [0.15, 0.2) is 0 Å². The molecule has 4 heteroatoms. The smallest absolute Gasteiger partial charge is 0.254 e. The Bertz CT molecular complexity index is 775. The molecule has 0 aliphatic carbocycles. The molecule has 0 bridgehead atoms. The fraction of sp³-hybridized carbons (Fsp3) is 0.176. The molecule has 0 spiro atoms. The second-order valence-corrected chi connectivity index (χ2v) is 5.58. The van der Waals surface area contributed by atoms with Crippen molar-refractivity contribution in [2.24, 2.45) is 0 Å². The maximum atomic E-state index is 12.6. The summed E-state index contributed by atoms with van der Waals surface area (Å²) in [5.41, 5.74) is 1.99. The molecule has 1 amide bonds. The molecule has 3 rings (SSSR count). The highest BCUT2D eigenvalue weighted by atomic mass is 16.1. The van der Waals surface area contributed by atoms with Gasteiger partial charge in [-0.2, -0.15) is 5.10 Å². The number of aromatic amines is 1. The molecular formula is C17H17N3O. The zero-order valence-corrected chi connectivity index (χ0v) is 12.1. The molecule has 2 aromatic carbocycles. The number of nitrogens with zero attached hydrogens (tertiary/aromatic N) is 1. The van der Waals surface area contributed by atoms with E-state index < -0.39 is 5.54 Å². The number of amides is 1. The summed E-state index contributed by atoms with van der Waals surface area (Å²) in [5.74, 6) is -0.112. The largest absolute Gasteiger partial charge is 0.343 e. The molecule has 0 aliphatic rings. The fourth-order valence-corrected chi connectivity index (χ4v) is 2.44. The van der Waals surface area contributed by atoms with Crippen LogP contribution in [-0.2, 0) is 5.54 Å². The molecule has 0 fully saturated rings. The molecular weight excluding hydrogens is 262 g/mol. The highest BCUT2D eigenvalue weighted by molar-refractivity contribution is 6.05. The van der Waals surface area contributed by atoms with Crippen LogP contribution < -0.4 is 5.32 Å². The summed E-state index contributed by atoms with van der Waals surface area (Å²) in [6, 6.07) is 15.5. The van der Waals surface area contributed by atoms with Gasteiger partial charge in [0.25, 0.3) is 5.91 Å². The number of hydrogen-bond acceptors (Lipinski definition) is 2. The van der Waals surface area contributed by atoms with Crippen LogP contribution in [0.2, 0.25) is 0 Å². The van der Waals surface area contributed by atoms with Crippen LogP contribution in [0.25, 0.3) is 10.9 Å². The number of aromatic nitrogens is 2. The number of H-pyrrole nitrogens is 1. The van der Waals surface area contributed by atoms with Gasteiger partial charge in [0.1, 0.15) is 0 Å². The van der Waals surface area contributed by atoms with Crippen molar-refractivity contribution in [3.63, 3.8) is 0 Å². The zero-order valence-electron chi connectivity index (χ0n) is 12.1. The lowest BCUT2D eigenvalue weighted by molar-refractivity contribution is 0.0913. The molecule has 1 aromatic heterocycles. The normalized spacial score (nSPS) is 11.5. The first-order chi connectivity index (χ1) is 10.1. The van der Waals surface area contributed by atoms with Gasteiger partial charge >= 0.3 is 0 Å². The van der Waals surface area contributed by atoms with Crippen LogP contribution >= 0.6 is 0 Å². The summed E-state index contributed by atoms with van der Waals surface area (Å²) in [5, 5.41) is 10.9. The highest BCUT2D eigenvalue weighted by Gasteiger charge is 2.24. The van der Waals surface area contributed by atoms with Crippen molar-refractivity contribution in [2.45, 2.75) is 19.4 Å². The lowest BCUT2D eigenvalue weighted by Crippen LogP contribution is -2.41. The fourth-order valence-electron chi connectivity index (χ4n) is 2.44. The predicted molar refractivity (Wildman–Crippen MR) is 83.0 cm³/mol. The van der Waals surface area contributed by atoms with Crippen molar-refractivity contribution in [2.75, 3.05) is 0 Å². The maximum absolute atomic E-state index is 12.6. The van der Waals surface area contributed by atoms with E-state index in [0.717, 1.165) is 16.5 Å². The summed E-state index contributed by atoms with van der Waals surface area (Å²) < 4.78 is 0. The quantitative estimate of drug-likeness (QED) is 0.773. The SMILES string of the molecule is CC(C)(NC(=O)c1cccc2cn[nH]c12)c1ccccc1. The summed E-state index contributed by atoms with van der Waals surface area (Å²) in [6.07, 6.45) is 1.72. The van der Waals surface area contributed by atoms with Crippen molar-refractivity contribution >= 4 is 16.8 Å². The van der Waals surface area contributed by atoms with Gasteiger partial charge in [-0.3, -0.25) is 9.89 Å². The van der Waals surface area contributed by atoms with E-state index in [1.165, 1.54) is 0 Å². The van der Waals surface area contributed by atoms with Gasteiger partial charge in [0.2, 0.25) is 0 Å². The van der Waals surface area contributed by atoms with Crippen molar-refractivity contribution < 1.29 is 4.79 Å². The summed E-state index contributed by atoms with van der Waals surface area (Å²) in [4.78, 5) is 12.6. The molecule has 4 nitrogen and oxygen atoms in total. The molecule has 1 heterocycles. The number of carbonyl (C=O) groups is 1. The zero-order chi connectivity index (χ0) is 14.9. The van der Waals surface area contributed by atoms with E-state index in [2.05, 4.69) is 15.5 Å². The summed E-state index contributed by atoms with van der Waals surface area (Å²) in [7, 11) is 0. The molecule has 2 N–H and O–H groups in total. The van der Waals surface area contributed by atoms with Crippen LogP contribution in [0.1, 0.15) is 29.8 Å². The van der Waals surface area contributed by atoms with Crippen LogP contribution in [-0.4, -0.2) is 16.1 Å². The third-order valence-electron chi connectivity index (χ3n) is 3.64. The Hall–Kier alpha value is -2.62. The molecule has 0 unspecified atom stereocenters. The number of nitrogens with one attached hydrogen (secondary N) is 2. The van der Waals surface area contributed by atoms with E-state index in [-0.39, 0.29) is 5.91 Å². The average Bonchev–Trinajstić information content (AvgIpc) is 2.96. The van der Waals surface area contributed by atoms with Crippen LogP contribution in [0.15, 0.2) is 54.7 Å². The number of para-hydroxylation sites is 1. The molecule has 106 valence electrons. The number of benzene rings is 2. The summed E-state index contributed by atoms with van der Waals surface area (Å²) >= 11 is 0. The Labute approximate surface area is 123 Å². The first kappa shape index (κ1) is 13.4. The van der Waals surface area contributed by atoms with Gasteiger partial charge in [-0.15, -0.1) is 0 Å². The summed E-state index contributed by atoms with van der Waals surface area (Å²) in [6.45, 7) is 3.99. The lowest BCUT2D eigenvalue weighted by Gasteiger charge is -2.27. The Morgan fingerprint density at radius 1 is 1.10 bits per heavy atom. The van der Waals surface area contributed by atoms with Crippen molar-refractivity contribution in [1.29, 1.82) is 0 Å². The number of rotatable bonds is 3. The third-order valence-corrected chi connectivity index (χ3v) is 3.64. The lowest BCUT2D eigenvalue weighted by atomic mass is 9.94. The molecule has 0 aliphatic heterocycles. The molecule has 0 radical (unpaired) electrons. The number of carbonyl (C=O) groups excluding carboxylic acids is 1. The molecule has 3 aromatic rings. The first-order valence-corrected chi connectivity index (χ1v) is 6.88. The van der Waals surface area contributed by atoms with Crippen LogP contribution in [0, 0.1) is 0 Å². The Kier molecular flexibility index (Phi) is 3.22. The van der Waals surface area contributed by atoms with Crippen molar-refractivity contribution in [3.05, 3.63) is 65.9 Å². The minimum Gasteiger partial charge on any atom is -0.343 e. The van der Waals surface area contributed by atoms with Crippen molar-refractivity contribution in [1.82, 2.24) is 15.5 Å². The monoisotopic (exact) mass is 279 g/mol. The van der Waals surface area contributed by atoms with Crippen molar-refractivity contribution in [3.8, 4) is 0 Å². The van der Waals surface area contributed by atoms with E-state index in [0.29, 0.717) is 5.56 Å². The Morgan fingerprint density at radius 3 is 2.62 bits per heavy atom. The number of hydrogen-bond donors (Lipinski definition) is 2. The molecule has 0 atom stereocenters. The average molecular weight is 279 g/mol. The second-order valence-electron chi connectivity index (χ2n) is 5.58. The van der Waals surface area contributed by atoms with Crippen LogP contribution in [0.4, 0.5) is 0 Å². The maximum Gasteiger partial charge on any atom is 0.254 e. The minimum absolute atomic E-state index is 0.112. The Balaban J connectivity index is 1.91. The van der Waals surface area contributed by atoms with E-state index in [1.54, 1.807) is 12.3 Å². The van der Waals surface area contributed by atoms with E-state index in [9.17, 15) is 4.79 Å². The molecule has 0 saturated carbocycles. The van der Waals surface area contributed by atoms with Gasteiger partial charge in [-0.25, -0.2) is 0 Å².